The first kappa shape index (κ1) is 15.7. The third-order valence-electron chi connectivity index (χ3n) is 2.88. The Kier molecular flexibility index (Phi) is 5.49. The van der Waals surface area contributed by atoms with Crippen molar-refractivity contribution in [3.63, 3.8) is 0 Å². The number of carbonyl (C=O) groups is 1. The van der Waals surface area contributed by atoms with E-state index in [-0.39, 0.29) is 16.6 Å². The zero-order valence-corrected chi connectivity index (χ0v) is 12.8. The Morgan fingerprint density at radius 1 is 1.33 bits per heavy atom. The molecule has 6 nitrogen and oxygen atoms in total. The monoisotopic (exact) mass is 326 g/mol. The molecule has 1 aliphatic rings. The molecule has 3 N–H and O–H groups in total. The summed E-state index contributed by atoms with van der Waals surface area (Å²) in [6.07, 6.45) is 0. The minimum Gasteiger partial charge on any atom is -0.388 e. The van der Waals surface area contributed by atoms with Crippen molar-refractivity contribution in [2.24, 2.45) is 10.8 Å². The fourth-order valence-corrected chi connectivity index (χ4v) is 2.03. The summed E-state index contributed by atoms with van der Waals surface area (Å²) in [6.45, 7) is 2.00. The van der Waals surface area contributed by atoms with Crippen molar-refractivity contribution in [2.45, 2.75) is 0 Å². The van der Waals surface area contributed by atoms with Crippen LogP contribution >= 0.6 is 23.8 Å². The number of nitrogens with two attached hydrogens (primary N) is 1. The Labute approximate surface area is 132 Å². The van der Waals surface area contributed by atoms with Gasteiger partial charge < -0.3 is 15.4 Å². The van der Waals surface area contributed by atoms with Gasteiger partial charge in [0, 0.05) is 18.1 Å². The number of hydrazone groups is 1. The summed E-state index contributed by atoms with van der Waals surface area (Å²) in [7, 11) is 0. The first-order valence-electron chi connectivity index (χ1n) is 6.34. The van der Waals surface area contributed by atoms with Crippen molar-refractivity contribution >= 4 is 46.1 Å². The largest absolute Gasteiger partial charge is 0.388 e. The van der Waals surface area contributed by atoms with Gasteiger partial charge in [-0.15, -0.1) is 0 Å². The summed E-state index contributed by atoms with van der Waals surface area (Å²) in [5.74, 6) is -0.299. The Bertz CT molecular complexity index is 556. The predicted molar refractivity (Wildman–Crippen MR) is 86.7 cm³/mol. The van der Waals surface area contributed by atoms with Crippen LogP contribution < -0.4 is 11.2 Å². The van der Waals surface area contributed by atoms with Crippen molar-refractivity contribution in [1.29, 1.82) is 0 Å². The van der Waals surface area contributed by atoms with Crippen molar-refractivity contribution in [2.75, 3.05) is 31.7 Å². The maximum Gasteiger partial charge on any atom is 0.277 e. The SMILES string of the molecule is NC(=S)C(=NNc1ccc(Cl)cc1)C(=O)N1CCOCC1. The number of nitrogens with zero attached hydrogens (tertiary/aromatic N) is 2. The van der Waals surface area contributed by atoms with Gasteiger partial charge in [0.2, 0.25) is 0 Å². The van der Waals surface area contributed by atoms with Gasteiger partial charge in [0.05, 0.1) is 18.9 Å². The smallest absolute Gasteiger partial charge is 0.277 e. The second-order valence-corrected chi connectivity index (χ2v) is 5.22. The van der Waals surface area contributed by atoms with Crippen LogP contribution in [0.5, 0.6) is 0 Å². The third-order valence-corrected chi connectivity index (χ3v) is 3.32. The molecule has 0 aromatic heterocycles. The summed E-state index contributed by atoms with van der Waals surface area (Å²) in [4.78, 5) is 13.9. The summed E-state index contributed by atoms with van der Waals surface area (Å²) in [5.41, 5.74) is 9.06. The Hall–Kier alpha value is -1.70. The topological polar surface area (TPSA) is 79.9 Å². The van der Waals surface area contributed by atoms with E-state index in [0.29, 0.717) is 37.0 Å². The van der Waals surface area contributed by atoms with Crippen molar-refractivity contribution < 1.29 is 9.53 Å². The van der Waals surface area contributed by atoms with Crippen LogP contribution in [0.3, 0.4) is 0 Å². The van der Waals surface area contributed by atoms with Crippen LogP contribution in [0, 0.1) is 0 Å². The van der Waals surface area contributed by atoms with E-state index in [2.05, 4.69) is 10.5 Å². The zero-order valence-electron chi connectivity index (χ0n) is 11.2. The molecule has 1 saturated heterocycles. The van der Waals surface area contributed by atoms with Crippen LogP contribution in [0.15, 0.2) is 29.4 Å². The van der Waals surface area contributed by atoms with E-state index in [1.165, 1.54) is 0 Å². The van der Waals surface area contributed by atoms with E-state index in [1.54, 1.807) is 29.2 Å². The van der Waals surface area contributed by atoms with Crippen LogP contribution in [0.4, 0.5) is 5.69 Å². The Morgan fingerprint density at radius 2 is 1.95 bits per heavy atom. The molecule has 1 amide bonds. The average molecular weight is 327 g/mol. The summed E-state index contributed by atoms with van der Waals surface area (Å²) in [6, 6.07) is 6.90. The van der Waals surface area contributed by atoms with Gasteiger partial charge in [0.1, 0.15) is 4.99 Å². The second kappa shape index (κ2) is 7.35. The number of carbonyl (C=O) groups excluding carboxylic acids is 1. The normalized spacial score (nSPS) is 15.7. The number of amides is 1. The van der Waals surface area contributed by atoms with Gasteiger partial charge in [-0.05, 0) is 24.3 Å². The summed E-state index contributed by atoms with van der Waals surface area (Å²) >= 11 is 10.7. The molecule has 1 aliphatic heterocycles. The standard InChI is InChI=1S/C13H15ClN4O2S/c14-9-1-3-10(4-2-9)16-17-11(12(15)21)13(19)18-5-7-20-8-6-18/h1-4,16H,5-8H2,(H2,15,21). The molecule has 0 aliphatic carbocycles. The van der Waals surface area contributed by atoms with Gasteiger partial charge in [-0.3, -0.25) is 10.2 Å². The fraction of sp³-hybridized carbons (Fsp3) is 0.308. The molecule has 2 rings (SSSR count). The van der Waals surface area contributed by atoms with Crippen LogP contribution in [0.25, 0.3) is 0 Å². The molecule has 8 heteroatoms. The number of thiocarbonyl (C=S) groups is 1. The van der Waals surface area contributed by atoms with Gasteiger partial charge in [-0.2, -0.15) is 5.10 Å². The fourth-order valence-electron chi connectivity index (χ4n) is 1.77. The molecule has 0 unspecified atom stereocenters. The van der Waals surface area contributed by atoms with Gasteiger partial charge in [-0.25, -0.2) is 0 Å². The lowest BCUT2D eigenvalue weighted by Gasteiger charge is -2.26. The van der Waals surface area contributed by atoms with Crippen LogP contribution in [0.2, 0.25) is 5.02 Å². The van der Waals surface area contributed by atoms with E-state index < -0.39 is 0 Å². The first-order chi connectivity index (χ1) is 10.1. The van der Waals surface area contributed by atoms with Crippen LogP contribution in [0.1, 0.15) is 0 Å². The minimum atomic E-state index is -0.299. The van der Waals surface area contributed by atoms with Crippen molar-refractivity contribution in [1.82, 2.24) is 4.90 Å². The molecule has 0 spiro atoms. The molecule has 0 atom stereocenters. The Balaban J connectivity index is 2.10. The average Bonchev–Trinajstić information content (AvgIpc) is 2.49. The number of halogens is 1. The number of benzene rings is 1. The maximum absolute atomic E-state index is 12.3. The molecular formula is C13H15ClN4O2S. The second-order valence-electron chi connectivity index (χ2n) is 4.35. The highest BCUT2D eigenvalue weighted by Crippen LogP contribution is 2.13. The minimum absolute atomic E-state index is 0.0295. The van der Waals surface area contributed by atoms with Gasteiger partial charge >= 0.3 is 0 Å². The number of anilines is 1. The molecule has 1 fully saturated rings. The number of hydrogen-bond acceptors (Lipinski definition) is 5. The van der Waals surface area contributed by atoms with E-state index in [9.17, 15) is 4.79 Å². The highest BCUT2D eigenvalue weighted by atomic mass is 35.5. The Morgan fingerprint density at radius 3 is 2.52 bits per heavy atom. The van der Waals surface area contributed by atoms with E-state index in [4.69, 9.17) is 34.3 Å². The van der Waals surface area contributed by atoms with Crippen LogP contribution in [-0.4, -0.2) is 47.8 Å². The molecule has 0 radical (unpaired) electrons. The lowest BCUT2D eigenvalue weighted by Crippen LogP contribution is -2.47. The number of morpholine rings is 1. The molecule has 0 saturated carbocycles. The molecule has 1 aromatic carbocycles. The molecule has 0 bridgehead atoms. The molecule has 21 heavy (non-hydrogen) atoms. The molecule has 1 aromatic rings. The highest BCUT2D eigenvalue weighted by molar-refractivity contribution is 7.82. The zero-order chi connectivity index (χ0) is 15.2. The van der Waals surface area contributed by atoms with E-state index >= 15 is 0 Å². The number of ether oxygens (including phenoxy) is 1. The van der Waals surface area contributed by atoms with Crippen molar-refractivity contribution in [3.05, 3.63) is 29.3 Å². The maximum atomic E-state index is 12.3. The molecule has 1 heterocycles. The van der Waals surface area contributed by atoms with Gasteiger partial charge in [0.25, 0.3) is 5.91 Å². The quantitative estimate of drug-likeness (QED) is 0.494. The number of hydrogen-bond donors (Lipinski definition) is 2. The molecule has 112 valence electrons. The first-order valence-corrected chi connectivity index (χ1v) is 7.12. The van der Waals surface area contributed by atoms with Gasteiger partial charge in [-0.1, -0.05) is 23.8 Å². The number of nitrogens with one attached hydrogen (secondary N) is 1. The highest BCUT2D eigenvalue weighted by Gasteiger charge is 2.23. The lowest BCUT2D eigenvalue weighted by molar-refractivity contribution is -0.127. The molecular weight excluding hydrogens is 312 g/mol. The van der Waals surface area contributed by atoms with E-state index in [1.807, 2.05) is 0 Å². The third kappa shape index (κ3) is 4.38. The van der Waals surface area contributed by atoms with Crippen molar-refractivity contribution in [3.8, 4) is 0 Å². The summed E-state index contributed by atoms with van der Waals surface area (Å²) in [5, 5.41) is 4.64. The lowest BCUT2D eigenvalue weighted by atomic mass is 10.3. The van der Waals surface area contributed by atoms with E-state index in [0.717, 1.165) is 0 Å². The van der Waals surface area contributed by atoms with Crippen LogP contribution in [-0.2, 0) is 9.53 Å². The summed E-state index contributed by atoms with van der Waals surface area (Å²) < 4.78 is 5.20. The predicted octanol–water partition coefficient (Wildman–Crippen LogP) is 1.25. The number of rotatable bonds is 4. The van der Waals surface area contributed by atoms with Gasteiger partial charge in [0.15, 0.2) is 5.71 Å².